The quantitative estimate of drug-likeness (QED) is 0.802. The normalized spacial score (nSPS) is 16.4. The highest BCUT2D eigenvalue weighted by Crippen LogP contribution is 2.22. The van der Waals surface area contributed by atoms with E-state index in [0.717, 1.165) is 6.04 Å². The molecule has 0 saturated heterocycles. The first-order valence-corrected chi connectivity index (χ1v) is 6.54. The van der Waals surface area contributed by atoms with Gasteiger partial charge in [0.25, 0.3) is 0 Å². The summed E-state index contributed by atoms with van der Waals surface area (Å²) in [6, 6.07) is 0.853. The molecule has 1 nitrogen and oxygen atoms in total. The minimum atomic E-state index is 0.853. The van der Waals surface area contributed by atoms with Crippen molar-refractivity contribution in [3.63, 3.8) is 0 Å². The van der Waals surface area contributed by atoms with Crippen LogP contribution in [-0.4, -0.2) is 12.6 Å². The Labute approximate surface area is 91.7 Å². The first-order valence-electron chi connectivity index (χ1n) is 4.80. The maximum absolute atomic E-state index is 3.55. The van der Waals surface area contributed by atoms with E-state index in [1.165, 1.54) is 42.3 Å². The third kappa shape index (κ3) is 3.08. The lowest BCUT2D eigenvalue weighted by Crippen LogP contribution is -2.17. The number of hydrogen-bond donors (Lipinski definition) is 1. The first-order chi connectivity index (χ1) is 6.36. The number of nitrogens with one attached hydrogen (secondary N) is 1. The molecule has 1 fully saturated rings. The molecule has 0 spiro atoms. The van der Waals surface area contributed by atoms with Gasteiger partial charge in [-0.1, -0.05) is 0 Å². The summed E-state index contributed by atoms with van der Waals surface area (Å²) in [6.07, 6.45) is 5.24. The molecule has 0 amide bonds. The van der Waals surface area contributed by atoms with Crippen LogP contribution in [0.4, 0.5) is 0 Å². The Morgan fingerprint density at radius 3 is 2.92 bits per heavy atom. The molecule has 0 bridgehead atoms. The number of hydrogen-bond acceptors (Lipinski definition) is 2. The van der Waals surface area contributed by atoms with Gasteiger partial charge in [0.15, 0.2) is 0 Å². The second-order valence-corrected chi connectivity index (χ2v) is 5.17. The fraction of sp³-hybridized carbons (Fsp3) is 0.600. The van der Waals surface area contributed by atoms with Crippen molar-refractivity contribution in [3.8, 4) is 0 Å². The molecular formula is C10H14BrNS. The monoisotopic (exact) mass is 259 g/mol. The Hall–Kier alpha value is 0.140. The lowest BCUT2D eigenvalue weighted by Gasteiger charge is -2.01. The lowest BCUT2D eigenvalue weighted by molar-refractivity contribution is 0.645. The zero-order valence-electron chi connectivity index (χ0n) is 7.55. The van der Waals surface area contributed by atoms with Gasteiger partial charge in [-0.2, -0.15) is 11.3 Å². The van der Waals surface area contributed by atoms with Crippen LogP contribution in [-0.2, 0) is 6.42 Å². The second kappa shape index (κ2) is 4.58. The van der Waals surface area contributed by atoms with E-state index >= 15 is 0 Å². The number of halogens is 1. The Kier molecular flexibility index (Phi) is 3.41. The number of aryl methyl sites for hydroxylation is 1. The minimum Gasteiger partial charge on any atom is -0.314 e. The van der Waals surface area contributed by atoms with Gasteiger partial charge < -0.3 is 5.32 Å². The SMILES string of the molecule is Brc1cscc1CCCNC1CC1. The Bertz CT molecular complexity index is 268. The third-order valence-electron chi connectivity index (χ3n) is 2.32. The van der Waals surface area contributed by atoms with Gasteiger partial charge in [0.05, 0.1) is 0 Å². The molecule has 1 heterocycles. The van der Waals surface area contributed by atoms with Gasteiger partial charge in [-0.05, 0) is 59.1 Å². The zero-order chi connectivity index (χ0) is 9.10. The average molecular weight is 260 g/mol. The predicted molar refractivity (Wildman–Crippen MR) is 61.4 cm³/mol. The molecule has 2 rings (SSSR count). The van der Waals surface area contributed by atoms with Crippen LogP contribution in [0.15, 0.2) is 15.2 Å². The van der Waals surface area contributed by atoms with Crippen LogP contribution in [0, 0.1) is 0 Å². The molecule has 1 aromatic heterocycles. The standard InChI is InChI=1S/C10H14BrNS/c11-10-7-13-6-8(10)2-1-5-12-9-3-4-9/h6-7,9,12H,1-5H2. The summed E-state index contributed by atoms with van der Waals surface area (Å²) >= 11 is 5.33. The second-order valence-electron chi connectivity index (χ2n) is 3.58. The number of rotatable bonds is 5. The average Bonchev–Trinajstić information content (AvgIpc) is 2.86. The van der Waals surface area contributed by atoms with Crippen molar-refractivity contribution in [2.45, 2.75) is 31.7 Å². The largest absolute Gasteiger partial charge is 0.314 e. The van der Waals surface area contributed by atoms with Crippen molar-refractivity contribution in [1.29, 1.82) is 0 Å². The molecule has 1 N–H and O–H groups in total. The van der Waals surface area contributed by atoms with Gasteiger partial charge in [-0.25, -0.2) is 0 Å². The molecule has 1 aromatic rings. The van der Waals surface area contributed by atoms with Crippen molar-refractivity contribution in [2.75, 3.05) is 6.54 Å². The lowest BCUT2D eigenvalue weighted by atomic mass is 10.2. The fourth-order valence-electron chi connectivity index (χ4n) is 1.36. The van der Waals surface area contributed by atoms with Crippen molar-refractivity contribution in [2.24, 2.45) is 0 Å². The summed E-state index contributed by atoms with van der Waals surface area (Å²) in [5.41, 5.74) is 1.46. The summed E-state index contributed by atoms with van der Waals surface area (Å²) in [6.45, 7) is 1.17. The van der Waals surface area contributed by atoms with Crippen LogP contribution >= 0.6 is 27.3 Å². The first kappa shape index (κ1) is 9.69. The van der Waals surface area contributed by atoms with Gasteiger partial charge in [0, 0.05) is 15.9 Å². The molecule has 1 saturated carbocycles. The summed E-state index contributed by atoms with van der Waals surface area (Å²) in [4.78, 5) is 0. The summed E-state index contributed by atoms with van der Waals surface area (Å²) < 4.78 is 1.28. The molecule has 0 radical (unpaired) electrons. The van der Waals surface area contributed by atoms with Crippen molar-refractivity contribution in [1.82, 2.24) is 5.32 Å². The van der Waals surface area contributed by atoms with Gasteiger partial charge >= 0.3 is 0 Å². The van der Waals surface area contributed by atoms with E-state index in [9.17, 15) is 0 Å². The van der Waals surface area contributed by atoms with Gasteiger partial charge in [0.2, 0.25) is 0 Å². The Balaban J connectivity index is 1.64. The van der Waals surface area contributed by atoms with E-state index in [4.69, 9.17) is 0 Å². The van der Waals surface area contributed by atoms with Gasteiger partial charge in [-0.15, -0.1) is 0 Å². The Morgan fingerprint density at radius 2 is 2.31 bits per heavy atom. The molecule has 1 aliphatic rings. The number of thiophene rings is 1. The molecule has 0 atom stereocenters. The summed E-state index contributed by atoms with van der Waals surface area (Å²) in [7, 11) is 0. The van der Waals surface area contributed by atoms with Crippen LogP contribution < -0.4 is 5.32 Å². The van der Waals surface area contributed by atoms with E-state index < -0.39 is 0 Å². The van der Waals surface area contributed by atoms with E-state index in [1.807, 2.05) is 0 Å². The van der Waals surface area contributed by atoms with Gasteiger partial charge in [-0.3, -0.25) is 0 Å². The van der Waals surface area contributed by atoms with Gasteiger partial charge in [0.1, 0.15) is 0 Å². The Morgan fingerprint density at radius 1 is 1.46 bits per heavy atom. The molecule has 1 aliphatic carbocycles. The highest BCUT2D eigenvalue weighted by molar-refractivity contribution is 9.10. The third-order valence-corrected chi connectivity index (χ3v) is 4.16. The molecule has 13 heavy (non-hydrogen) atoms. The van der Waals surface area contributed by atoms with Crippen molar-refractivity contribution in [3.05, 3.63) is 20.8 Å². The topological polar surface area (TPSA) is 12.0 Å². The molecular weight excluding hydrogens is 246 g/mol. The highest BCUT2D eigenvalue weighted by atomic mass is 79.9. The molecule has 0 aliphatic heterocycles. The van der Waals surface area contributed by atoms with Crippen LogP contribution in [0.5, 0.6) is 0 Å². The van der Waals surface area contributed by atoms with E-state index in [-0.39, 0.29) is 0 Å². The van der Waals surface area contributed by atoms with Crippen LogP contribution in [0.25, 0.3) is 0 Å². The summed E-state index contributed by atoms with van der Waals surface area (Å²) in [5.74, 6) is 0. The molecule has 3 heteroatoms. The molecule has 72 valence electrons. The smallest absolute Gasteiger partial charge is 0.0314 e. The molecule has 0 unspecified atom stereocenters. The van der Waals surface area contributed by atoms with E-state index in [2.05, 4.69) is 32.0 Å². The van der Waals surface area contributed by atoms with Crippen molar-refractivity contribution < 1.29 is 0 Å². The zero-order valence-corrected chi connectivity index (χ0v) is 9.96. The fourth-order valence-corrected chi connectivity index (χ4v) is 2.89. The van der Waals surface area contributed by atoms with Crippen LogP contribution in [0.2, 0.25) is 0 Å². The predicted octanol–water partition coefficient (Wildman–Crippen LogP) is 3.20. The van der Waals surface area contributed by atoms with Crippen LogP contribution in [0.3, 0.4) is 0 Å². The highest BCUT2D eigenvalue weighted by Gasteiger charge is 2.19. The maximum atomic E-state index is 3.55. The molecule has 0 aromatic carbocycles. The van der Waals surface area contributed by atoms with E-state index in [1.54, 1.807) is 11.3 Å². The maximum Gasteiger partial charge on any atom is 0.0314 e. The van der Waals surface area contributed by atoms with E-state index in [0.29, 0.717) is 0 Å². The summed E-state index contributed by atoms with van der Waals surface area (Å²) in [5, 5.41) is 7.92. The van der Waals surface area contributed by atoms with Crippen LogP contribution in [0.1, 0.15) is 24.8 Å². The van der Waals surface area contributed by atoms with Crippen molar-refractivity contribution >= 4 is 27.3 Å². The minimum absolute atomic E-state index is 0.853.